The van der Waals surface area contributed by atoms with Crippen LogP contribution in [0.25, 0.3) is 0 Å². The summed E-state index contributed by atoms with van der Waals surface area (Å²) in [6.45, 7) is 5.11. The van der Waals surface area contributed by atoms with Crippen LogP contribution in [-0.2, 0) is 16.0 Å². The first-order valence-electron chi connectivity index (χ1n) is 6.56. The standard InChI is InChI=1S/C15H19Cl2NO3/c1-14(2,3)21-13(20)18-15(16,17)12(19)10-9-11-7-5-4-6-8-11/h4-8H,9-10H2,1-3H3,(H,18,20). The van der Waals surface area contributed by atoms with E-state index in [0.29, 0.717) is 6.42 Å². The summed E-state index contributed by atoms with van der Waals surface area (Å²) in [5.41, 5.74) is 0.299. The van der Waals surface area contributed by atoms with Crippen molar-refractivity contribution in [3.8, 4) is 0 Å². The summed E-state index contributed by atoms with van der Waals surface area (Å²) in [6, 6.07) is 9.46. The lowest BCUT2D eigenvalue weighted by Crippen LogP contribution is -2.47. The van der Waals surface area contributed by atoms with E-state index in [-0.39, 0.29) is 6.42 Å². The predicted molar refractivity (Wildman–Crippen MR) is 83.6 cm³/mol. The highest BCUT2D eigenvalue weighted by atomic mass is 35.5. The van der Waals surface area contributed by atoms with E-state index in [2.05, 4.69) is 5.32 Å². The fourth-order valence-corrected chi connectivity index (χ4v) is 1.90. The highest BCUT2D eigenvalue weighted by molar-refractivity contribution is 6.58. The molecule has 1 aromatic carbocycles. The molecule has 21 heavy (non-hydrogen) atoms. The molecule has 1 N–H and O–H groups in total. The minimum Gasteiger partial charge on any atom is -0.444 e. The maximum atomic E-state index is 12.0. The van der Waals surface area contributed by atoms with E-state index < -0.39 is 21.9 Å². The van der Waals surface area contributed by atoms with Gasteiger partial charge in [-0.05, 0) is 32.8 Å². The zero-order chi connectivity index (χ0) is 16.1. The molecule has 6 heteroatoms. The van der Waals surface area contributed by atoms with Crippen molar-refractivity contribution in [3.05, 3.63) is 35.9 Å². The smallest absolute Gasteiger partial charge is 0.410 e. The summed E-state index contributed by atoms with van der Waals surface area (Å²) in [6.07, 6.45) is -0.218. The van der Waals surface area contributed by atoms with Gasteiger partial charge in [-0.15, -0.1) is 0 Å². The molecule has 0 heterocycles. The molecule has 0 aromatic heterocycles. The molecular weight excluding hydrogens is 313 g/mol. The third kappa shape index (κ3) is 6.82. The van der Waals surface area contributed by atoms with E-state index in [1.54, 1.807) is 20.8 Å². The number of ketones is 1. The molecule has 4 nitrogen and oxygen atoms in total. The zero-order valence-corrected chi connectivity index (χ0v) is 13.8. The minimum atomic E-state index is -1.99. The summed E-state index contributed by atoms with van der Waals surface area (Å²) >= 11 is 11.8. The lowest BCUT2D eigenvalue weighted by Gasteiger charge is -2.24. The van der Waals surface area contributed by atoms with Crippen molar-refractivity contribution < 1.29 is 14.3 Å². The van der Waals surface area contributed by atoms with Crippen LogP contribution in [0.15, 0.2) is 30.3 Å². The molecule has 0 radical (unpaired) electrons. The molecule has 0 saturated heterocycles. The third-order valence-corrected chi connectivity index (χ3v) is 3.10. The molecule has 0 unspecified atom stereocenters. The minimum absolute atomic E-state index is 0.118. The zero-order valence-electron chi connectivity index (χ0n) is 12.3. The van der Waals surface area contributed by atoms with Crippen LogP contribution in [0.2, 0.25) is 0 Å². The van der Waals surface area contributed by atoms with Crippen molar-refractivity contribution in [3.63, 3.8) is 0 Å². The maximum Gasteiger partial charge on any atom is 0.410 e. The molecule has 1 aromatic rings. The van der Waals surface area contributed by atoms with Crippen molar-refractivity contribution in [1.29, 1.82) is 0 Å². The molecule has 0 saturated carbocycles. The second-order valence-electron chi connectivity index (χ2n) is 5.61. The molecule has 116 valence electrons. The van der Waals surface area contributed by atoms with Gasteiger partial charge in [0.2, 0.25) is 0 Å². The topological polar surface area (TPSA) is 55.4 Å². The van der Waals surface area contributed by atoms with Crippen LogP contribution in [-0.4, -0.2) is 21.9 Å². The second kappa shape index (κ2) is 7.14. The highest BCUT2D eigenvalue weighted by Gasteiger charge is 2.36. The van der Waals surface area contributed by atoms with Crippen LogP contribution in [0.4, 0.5) is 4.79 Å². The number of rotatable bonds is 5. The summed E-state index contributed by atoms with van der Waals surface area (Å²) in [4.78, 5) is 23.6. The molecule has 0 bridgehead atoms. The molecule has 1 rings (SSSR count). The van der Waals surface area contributed by atoms with Crippen molar-refractivity contribution >= 4 is 35.1 Å². The predicted octanol–water partition coefficient (Wildman–Crippen LogP) is 3.84. The number of hydrogen-bond donors (Lipinski definition) is 1. The first-order valence-corrected chi connectivity index (χ1v) is 7.32. The summed E-state index contributed by atoms with van der Waals surface area (Å²) in [5.74, 6) is -0.486. The van der Waals surface area contributed by atoms with Gasteiger partial charge >= 0.3 is 6.09 Å². The normalized spacial score (nSPS) is 11.9. The van der Waals surface area contributed by atoms with Gasteiger partial charge in [-0.25, -0.2) is 4.79 Å². The Hall–Kier alpha value is -1.26. The van der Waals surface area contributed by atoms with E-state index in [0.717, 1.165) is 5.56 Å². The van der Waals surface area contributed by atoms with Gasteiger partial charge in [0.05, 0.1) is 0 Å². The fraction of sp³-hybridized carbons (Fsp3) is 0.467. The number of hydrogen-bond acceptors (Lipinski definition) is 3. The number of alkyl halides is 2. The Bertz CT molecular complexity index is 495. The van der Waals surface area contributed by atoms with Gasteiger partial charge in [-0.2, -0.15) is 0 Å². The quantitative estimate of drug-likeness (QED) is 0.658. The number of alkyl carbamates (subject to hydrolysis) is 1. The average Bonchev–Trinajstić information content (AvgIpc) is 2.34. The number of ether oxygens (including phenoxy) is 1. The SMILES string of the molecule is CC(C)(C)OC(=O)NC(Cl)(Cl)C(=O)CCc1ccccc1. The molecule has 0 fully saturated rings. The van der Waals surface area contributed by atoms with Gasteiger partial charge in [0.25, 0.3) is 4.46 Å². The van der Waals surface area contributed by atoms with Crippen molar-refractivity contribution in [2.45, 2.75) is 43.7 Å². The van der Waals surface area contributed by atoms with Gasteiger partial charge in [0.15, 0.2) is 5.78 Å². The largest absolute Gasteiger partial charge is 0.444 e. The Labute approximate surface area is 134 Å². The molecule has 0 aliphatic carbocycles. The number of carbonyl (C=O) groups excluding carboxylic acids is 2. The molecule has 1 amide bonds. The monoisotopic (exact) mass is 331 g/mol. The van der Waals surface area contributed by atoms with Crippen LogP contribution in [0.3, 0.4) is 0 Å². The van der Waals surface area contributed by atoms with Gasteiger partial charge in [0, 0.05) is 6.42 Å². The van der Waals surface area contributed by atoms with Gasteiger partial charge in [0.1, 0.15) is 5.60 Å². The van der Waals surface area contributed by atoms with E-state index in [1.807, 2.05) is 30.3 Å². The number of Topliss-reactive ketones (excluding diaryl/α,β-unsaturated/α-hetero) is 1. The first-order chi connectivity index (χ1) is 9.60. The number of aryl methyl sites for hydroxylation is 1. The molecule has 0 aliphatic rings. The first kappa shape index (κ1) is 17.8. The number of amides is 1. The van der Waals surface area contributed by atoms with Crippen LogP contribution >= 0.6 is 23.2 Å². The van der Waals surface area contributed by atoms with E-state index in [9.17, 15) is 9.59 Å². The van der Waals surface area contributed by atoms with Gasteiger partial charge in [-0.1, -0.05) is 53.5 Å². The van der Waals surface area contributed by atoms with Crippen molar-refractivity contribution in [2.75, 3.05) is 0 Å². The third-order valence-electron chi connectivity index (χ3n) is 2.49. The van der Waals surface area contributed by atoms with E-state index in [1.165, 1.54) is 0 Å². The highest BCUT2D eigenvalue weighted by Crippen LogP contribution is 2.22. The molecule has 0 aliphatic heterocycles. The van der Waals surface area contributed by atoms with Crippen LogP contribution in [0.1, 0.15) is 32.8 Å². The lowest BCUT2D eigenvalue weighted by molar-refractivity contribution is -0.120. The van der Waals surface area contributed by atoms with Crippen LogP contribution in [0.5, 0.6) is 0 Å². The summed E-state index contributed by atoms with van der Waals surface area (Å²) in [7, 11) is 0. The Balaban J connectivity index is 2.53. The Morgan fingerprint density at radius 3 is 2.24 bits per heavy atom. The molecule has 0 atom stereocenters. The van der Waals surface area contributed by atoms with E-state index >= 15 is 0 Å². The number of nitrogens with one attached hydrogen (secondary N) is 1. The number of carbonyl (C=O) groups is 2. The van der Waals surface area contributed by atoms with Gasteiger partial charge in [-0.3, -0.25) is 10.1 Å². The second-order valence-corrected chi connectivity index (χ2v) is 6.94. The van der Waals surface area contributed by atoms with Gasteiger partial charge < -0.3 is 4.74 Å². The Kier molecular flexibility index (Phi) is 6.05. The maximum absolute atomic E-state index is 12.0. The number of benzene rings is 1. The fourth-order valence-electron chi connectivity index (χ4n) is 1.56. The summed E-state index contributed by atoms with van der Waals surface area (Å²) in [5, 5.41) is 2.17. The Morgan fingerprint density at radius 1 is 1.14 bits per heavy atom. The van der Waals surface area contributed by atoms with Crippen molar-refractivity contribution in [1.82, 2.24) is 5.32 Å². The van der Waals surface area contributed by atoms with Crippen LogP contribution in [0, 0.1) is 0 Å². The average molecular weight is 332 g/mol. The molecular formula is C15H19Cl2NO3. The van der Waals surface area contributed by atoms with E-state index in [4.69, 9.17) is 27.9 Å². The Morgan fingerprint density at radius 2 is 1.71 bits per heavy atom. The summed E-state index contributed by atoms with van der Waals surface area (Å²) < 4.78 is 3.03. The van der Waals surface area contributed by atoms with Crippen LogP contribution < -0.4 is 5.32 Å². The van der Waals surface area contributed by atoms with Crippen molar-refractivity contribution in [2.24, 2.45) is 0 Å². The number of halogens is 2. The lowest BCUT2D eigenvalue weighted by atomic mass is 10.1. The molecule has 0 spiro atoms.